The predicted octanol–water partition coefficient (Wildman–Crippen LogP) is 16.0. The second-order valence-corrected chi connectivity index (χ2v) is 17.5. The summed E-state index contributed by atoms with van der Waals surface area (Å²) in [6.07, 6.45) is 7.49. The molecule has 0 N–H and O–H groups in total. The monoisotopic (exact) mass is 873 g/mol. The second kappa shape index (κ2) is 17.3. The summed E-state index contributed by atoms with van der Waals surface area (Å²) in [7, 11) is 0. The lowest BCUT2D eigenvalue weighted by Crippen LogP contribution is -2.00. The summed E-state index contributed by atoms with van der Waals surface area (Å²) >= 11 is 1.85. The number of pyridine rings is 2. The normalized spacial score (nSPS) is 11.3. The Morgan fingerprint density at radius 2 is 0.612 bits per heavy atom. The zero-order valence-electron chi connectivity index (χ0n) is 36.2. The standard InChI is InChI=1S/C61H39N5S/c1-3-11-40(12-4-1)42-21-27-45(28-22-42)59-64-60(46-29-23-43(24-30-46)41-13-5-2-6-14-41)66-61(65-59)47-31-25-44(26-32-47)53-17-7-19-55-56-20-8-18-54(58(56)67-57(53)55)52-36-50(48-15-9-33-62-38-48)35-51(37-52)49-16-10-34-63-39-49/h1-39H. The van der Waals surface area contributed by atoms with Crippen LogP contribution in [0.1, 0.15) is 0 Å². The van der Waals surface area contributed by atoms with Crippen molar-refractivity contribution < 1.29 is 0 Å². The first-order valence-corrected chi connectivity index (χ1v) is 23.1. The van der Waals surface area contributed by atoms with Gasteiger partial charge in [-0.2, -0.15) is 0 Å². The van der Waals surface area contributed by atoms with Crippen LogP contribution in [0.4, 0.5) is 0 Å². The highest BCUT2D eigenvalue weighted by molar-refractivity contribution is 7.26. The van der Waals surface area contributed by atoms with Crippen molar-refractivity contribution in [1.29, 1.82) is 0 Å². The van der Waals surface area contributed by atoms with Crippen LogP contribution < -0.4 is 0 Å². The van der Waals surface area contributed by atoms with Crippen LogP contribution in [-0.4, -0.2) is 24.9 Å². The van der Waals surface area contributed by atoms with E-state index in [-0.39, 0.29) is 0 Å². The van der Waals surface area contributed by atoms with Crippen molar-refractivity contribution in [3.63, 3.8) is 0 Å². The molecular formula is C61H39N5S. The van der Waals surface area contributed by atoms with Crippen molar-refractivity contribution in [2.24, 2.45) is 0 Å². The first kappa shape index (κ1) is 39.8. The van der Waals surface area contributed by atoms with Gasteiger partial charge in [-0.3, -0.25) is 9.97 Å². The van der Waals surface area contributed by atoms with E-state index in [4.69, 9.17) is 15.0 Å². The molecule has 0 saturated heterocycles. The molecule has 0 aliphatic rings. The van der Waals surface area contributed by atoms with Gasteiger partial charge in [0, 0.05) is 72.8 Å². The molecule has 0 spiro atoms. The van der Waals surface area contributed by atoms with E-state index in [9.17, 15) is 0 Å². The molecule has 0 amide bonds. The Morgan fingerprint density at radius 1 is 0.254 bits per heavy atom. The van der Waals surface area contributed by atoms with Crippen LogP contribution in [0.15, 0.2) is 237 Å². The maximum atomic E-state index is 5.11. The molecular weight excluding hydrogens is 835 g/mol. The van der Waals surface area contributed by atoms with E-state index in [1.165, 1.54) is 42.4 Å². The number of hydrogen-bond acceptors (Lipinski definition) is 6. The molecule has 12 aromatic rings. The van der Waals surface area contributed by atoms with Crippen LogP contribution in [0.5, 0.6) is 0 Å². The summed E-state index contributed by atoms with van der Waals surface area (Å²) in [4.78, 5) is 24.2. The van der Waals surface area contributed by atoms with Crippen LogP contribution in [0.3, 0.4) is 0 Å². The van der Waals surface area contributed by atoms with Crippen LogP contribution in [-0.2, 0) is 0 Å². The minimum Gasteiger partial charge on any atom is -0.264 e. The van der Waals surface area contributed by atoms with E-state index < -0.39 is 0 Å². The fourth-order valence-corrected chi connectivity index (χ4v) is 10.3. The van der Waals surface area contributed by atoms with Gasteiger partial charge in [0.05, 0.1) is 0 Å². The molecule has 0 fully saturated rings. The Bertz CT molecular complexity index is 3530. The van der Waals surface area contributed by atoms with Gasteiger partial charge < -0.3 is 0 Å². The van der Waals surface area contributed by atoms with E-state index in [0.717, 1.165) is 61.2 Å². The Kier molecular flexibility index (Phi) is 10.3. The molecule has 0 radical (unpaired) electrons. The van der Waals surface area contributed by atoms with Crippen molar-refractivity contribution in [1.82, 2.24) is 24.9 Å². The third-order valence-electron chi connectivity index (χ3n) is 12.3. The van der Waals surface area contributed by atoms with Crippen LogP contribution in [0, 0.1) is 0 Å². The van der Waals surface area contributed by atoms with Gasteiger partial charge >= 0.3 is 0 Å². The Labute approximate surface area is 392 Å². The van der Waals surface area contributed by atoms with Gasteiger partial charge in [0.1, 0.15) is 0 Å². The smallest absolute Gasteiger partial charge is 0.164 e. The van der Waals surface area contributed by atoms with Gasteiger partial charge in [0.25, 0.3) is 0 Å². The third kappa shape index (κ3) is 7.86. The molecule has 0 bridgehead atoms. The molecule has 6 heteroatoms. The van der Waals surface area contributed by atoms with E-state index in [1.807, 2.05) is 60.4 Å². The van der Waals surface area contributed by atoms with Crippen LogP contribution in [0.25, 0.3) is 121 Å². The molecule has 0 aliphatic heterocycles. The summed E-state index contributed by atoms with van der Waals surface area (Å²) in [5.41, 5.74) is 16.4. The van der Waals surface area contributed by atoms with Crippen molar-refractivity contribution in [3.05, 3.63) is 237 Å². The van der Waals surface area contributed by atoms with Crippen molar-refractivity contribution in [3.8, 4) is 101 Å². The van der Waals surface area contributed by atoms with Crippen LogP contribution in [0.2, 0.25) is 0 Å². The first-order valence-electron chi connectivity index (χ1n) is 22.3. The molecule has 0 saturated carbocycles. The SMILES string of the molecule is c1ccc(-c2ccc(-c3nc(-c4ccc(-c5ccccc5)cc4)nc(-c4ccc(-c5cccc6c5sc5c(-c7cc(-c8cccnc8)cc(-c8cccnc8)c7)cccc56)cc4)n3)cc2)cc1. The molecule has 8 aromatic carbocycles. The maximum Gasteiger partial charge on any atom is 0.164 e. The highest BCUT2D eigenvalue weighted by Gasteiger charge is 2.18. The Balaban J connectivity index is 0.927. The van der Waals surface area contributed by atoms with Crippen LogP contribution >= 0.6 is 11.3 Å². The predicted molar refractivity (Wildman–Crippen MR) is 277 cm³/mol. The highest BCUT2D eigenvalue weighted by atomic mass is 32.1. The average Bonchev–Trinajstić information content (AvgIpc) is 3.81. The van der Waals surface area contributed by atoms with Crippen molar-refractivity contribution in [2.45, 2.75) is 0 Å². The molecule has 12 rings (SSSR count). The number of nitrogens with zero attached hydrogens (tertiary/aromatic N) is 5. The zero-order valence-corrected chi connectivity index (χ0v) is 37.0. The largest absolute Gasteiger partial charge is 0.264 e. The minimum atomic E-state index is 0.620. The van der Waals surface area contributed by atoms with Gasteiger partial charge in [0.2, 0.25) is 0 Å². The first-order chi connectivity index (χ1) is 33.2. The van der Waals surface area contributed by atoms with E-state index >= 15 is 0 Å². The summed E-state index contributed by atoms with van der Waals surface area (Å²) in [5, 5.41) is 2.48. The number of rotatable bonds is 9. The fourth-order valence-electron chi connectivity index (χ4n) is 8.91. The molecule has 0 aliphatic carbocycles. The molecule has 67 heavy (non-hydrogen) atoms. The zero-order chi connectivity index (χ0) is 44.5. The number of aromatic nitrogens is 5. The van der Waals surface area contributed by atoms with E-state index in [2.05, 4.69) is 198 Å². The van der Waals surface area contributed by atoms with E-state index in [1.54, 1.807) is 0 Å². The summed E-state index contributed by atoms with van der Waals surface area (Å²) in [5.74, 6) is 1.87. The molecule has 0 unspecified atom stereocenters. The fraction of sp³-hybridized carbons (Fsp3) is 0. The lowest BCUT2D eigenvalue weighted by Gasteiger charge is -2.11. The molecule has 314 valence electrons. The molecule has 0 atom stereocenters. The van der Waals surface area contributed by atoms with Crippen molar-refractivity contribution in [2.75, 3.05) is 0 Å². The highest BCUT2D eigenvalue weighted by Crippen LogP contribution is 2.45. The minimum absolute atomic E-state index is 0.620. The summed E-state index contributed by atoms with van der Waals surface area (Å²) < 4.78 is 2.50. The summed E-state index contributed by atoms with van der Waals surface area (Å²) in [6.45, 7) is 0. The topological polar surface area (TPSA) is 64.5 Å². The van der Waals surface area contributed by atoms with Crippen molar-refractivity contribution >= 4 is 31.5 Å². The molecule has 4 aromatic heterocycles. The quantitative estimate of drug-likeness (QED) is 0.145. The van der Waals surface area contributed by atoms with Gasteiger partial charge in [-0.15, -0.1) is 11.3 Å². The van der Waals surface area contributed by atoms with Gasteiger partial charge in [0.15, 0.2) is 17.5 Å². The molecule has 5 nitrogen and oxygen atoms in total. The Morgan fingerprint density at radius 3 is 1.03 bits per heavy atom. The van der Waals surface area contributed by atoms with Gasteiger partial charge in [-0.05, 0) is 86.0 Å². The average molecular weight is 874 g/mol. The number of hydrogen-bond donors (Lipinski definition) is 0. The number of thiophene rings is 1. The number of benzene rings is 8. The van der Waals surface area contributed by atoms with Gasteiger partial charge in [-0.25, -0.2) is 15.0 Å². The lowest BCUT2D eigenvalue weighted by molar-refractivity contribution is 1.07. The third-order valence-corrected chi connectivity index (χ3v) is 13.6. The summed E-state index contributed by atoms with van der Waals surface area (Å²) in [6, 6.07) is 74.7. The lowest BCUT2D eigenvalue weighted by atomic mass is 9.93. The number of fused-ring (bicyclic) bond motifs is 3. The maximum absolute atomic E-state index is 5.11. The molecule has 4 heterocycles. The second-order valence-electron chi connectivity index (χ2n) is 16.5. The van der Waals surface area contributed by atoms with Gasteiger partial charge in [-0.1, -0.05) is 182 Å². The Hall–Kier alpha value is -8.71. The van der Waals surface area contributed by atoms with E-state index in [0.29, 0.717) is 17.5 Å².